The van der Waals surface area contributed by atoms with E-state index in [1.165, 1.54) is 5.56 Å². The van der Waals surface area contributed by atoms with Crippen LogP contribution in [0.4, 0.5) is 0 Å². The molecule has 1 aliphatic rings. The van der Waals surface area contributed by atoms with Crippen molar-refractivity contribution in [2.24, 2.45) is 10.9 Å². The molecule has 0 radical (unpaired) electrons. The maximum atomic E-state index is 5.83. The largest absolute Gasteiger partial charge is 0.492 e. The van der Waals surface area contributed by atoms with Crippen LogP contribution in [0.5, 0.6) is 5.75 Å². The van der Waals surface area contributed by atoms with Gasteiger partial charge in [-0.05, 0) is 30.0 Å². The number of benzene rings is 1. The molecule has 6 nitrogen and oxygen atoms in total. The third kappa shape index (κ3) is 7.39. The molecule has 1 N–H and O–H groups in total. The summed E-state index contributed by atoms with van der Waals surface area (Å²) in [5.74, 6) is 2.94. The fourth-order valence-corrected chi connectivity index (χ4v) is 3.17. The zero-order valence-corrected chi connectivity index (χ0v) is 17.2. The summed E-state index contributed by atoms with van der Waals surface area (Å²) in [4.78, 5) is 6.70. The lowest BCUT2D eigenvalue weighted by atomic mass is 10.0. The van der Waals surface area contributed by atoms with E-state index < -0.39 is 0 Å². The van der Waals surface area contributed by atoms with Gasteiger partial charge in [0.2, 0.25) is 0 Å². The fourth-order valence-electron chi connectivity index (χ4n) is 3.17. The molecule has 152 valence electrons. The molecular formula is C21H35N3O3. The third-order valence-corrected chi connectivity index (χ3v) is 4.78. The molecule has 1 aromatic rings. The van der Waals surface area contributed by atoms with E-state index in [9.17, 15) is 0 Å². The second-order valence-corrected chi connectivity index (χ2v) is 7.21. The molecule has 1 fully saturated rings. The minimum atomic E-state index is 0.540. The number of hydrogen-bond donors (Lipinski definition) is 1. The van der Waals surface area contributed by atoms with Crippen LogP contribution in [-0.2, 0) is 9.47 Å². The van der Waals surface area contributed by atoms with Crippen LogP contribution in [0.2, 0.25) is 0 Å². The van der Waals surface area contributed by atoms with Gasteiger partial charge in [-0.1, -0.05) is 26.0 Å². The highest BCUT2D eigenvalue weighted by molar-refractivity contribution is 5.80. The average Bonchev–Trinajstić information content (AvgIpc) is 3.14. The first kappa shape index (κ1) is 21.5. The molecule has 0 bridgehead atoms. The summed E-state index contributed by atoms with van der Waals surface area (Å²) >= 11 is 0. The Balaban J connectivity index is 1.65. The molecule has 0 aliphatic carbocycles. The summed E-state index contributed by atoms with van der Waals surface area (Å²) in [5.41, 5.74) is 1.33. The van der Waals surface area contributed by atoms with Gasteiger partial charge in [-0.25, -0.2) is 0 Å². The number of rotatable bonds is 10. The minimum absolute atomic E-state index is 0.540. The van der Waals surface area contributed by atoms with E-state index >= 15 is 0 Å². The van der Waals surface area contributed by atoms with Crippen molar-refractivity contribution < 1.29 is 14.2 Å². The van der Waals surface area contributed by atoms with Crippen molar-refractivity contribution in [2.45, 2.75) is 26.2 Å². The van der Waals surface area contributed by atoms with Crippen molar-refractivity contribution in [2.75, 3.05) is 60.2 Å². The molecule has 1 aliphatic heterocycles. The van der Waals surface area contributed by atoms with Crippen LogP contribution in [0.3, 0.4) is 0 Å². The highest BCUT2D eigenvalue weighted by atomic mass is 16.5. The lowest BCUT2D eigenvalue weighted by molar-refractivity contribution is 0.0536. The van der Waals surface area contributed by atoms with E-state index in [-0.39, 0.29) is 0 Å². The maximum Gasteiger partial charge on any atom is 0.193 e. The Bertz CT molecular complexity index is 560. The van der Waals surface area contributed by atoms with Crippen molar-refractivity contribution in [1.82, 2.24) is 10.2 Å². The first-order valence-electron chi connectivity index (χ1n) is 9.89. The van der Waals surface area contributed by atoms with Gasteiger partial charge in [-0.15, -0.1) is 0 Å². The van der Waals surface area contributed by atoms with E-state index in [4.69, 9.17) is 14.2 Å². The van der Waals surface area contributed by atoms with Crippen LogP contribution in [0.25, 0.3) is 0 Å². The van der Waals surface area contributed by atoms with Gasteiger partial charge in [-0.3, -0.25) is 4.99 Å². The number of likely N-dealkylation sites (tertiary alicyclic amines) is 1. The quantitative estimate of drug-likeness (QED) is 0.386. The van der Waals surface area contributed by atoms with Crippen molar-refractivity contribution in [3.8, 4) is 5.75 Å². The van der Waals surface area contributed by atoms with Gasteiger partial charge in [0.1, 0.15) is 12.4 Å². The molecule has 0 amide bonds. The first-order valence-corrected chi connectivity index (χ1v) is 9.89. The Labute approximate surface area is 163 Å². The molecular weight excluding hydrogens is 342 g/mol. The molecule has 27 heavy (non-hydrogen) atoms. The molecule has 1 unspecified atom stereocenters. The monoisotopic (exact) mass is 377 g/mol. The summed E-state index contributed by atoms with van der Waals surface area (Å²) in [7, 11) is 3.52. The van der Waals surface area contributed by atoms with E-state index in [0.717, 1.165) is 44.4 Å². The van der Waals surface area contributed by atoms with Crippen LogP contribution >= 0.6 is 0 Å². The van der Waals surface area contributed by atoms with Crippen molar-refractivity contribution >= 4 is 5.96 Å². The lowest BCUT2D eigenvalue weighted by Crippen LogP contribution is -2.41. The SMILES string of the molecule is CN=C(NCCOc1ccc(C(C)C)cc1)N1CCC(COCCOC)C1. The summed E-state index contributed by atoms with van der Waals surface area (Å²) in [5, 5.41) is 3.40. The van der Waals surface area contributed by atoms with E-state index in [1.807, 2.05) is 19.2 Å². The first-order chi connectivity index (χ1) is 13.1. The second kappa shape index (κ2) is 11.8. The second-order valence-electron chi connectivity index (χ2n) is 7.21. The minimum Gasteiger partial charge on any atom is -0.492 e. The number of aliphatic imine (C=N–C) groups is 1. The van der Waals surface area contributed by atoms with Crippen LogP contribution in [-0.4, -0.2) is 71.1 Å². The van der Waals surface area contributed by atoms with Gasteiger partial charge < -0.3 is 24.4 Å². The Morgan fingerprint density at radius 1 is 1.22 bits per heavy atom. The van der Waals surface area contributed by atoms with Gasteiger partial charge in [0.15, 0.2) is 5.96 Å². The summed E-state index contributed by atoms with van der Waals surface area (Å²) in [6, 6.07) is 8.34. The number of hydrogen-bond acceptors (Lipinski definition) is 4. The molecule has 2 rings (SSSR count). The van der Waals surface area contributed by atoms with Gasteiger partial charge in [0, 0.05) is 33.2 Å². The maximum absolute atomic E-state index is 5.83. The van der Waals surface area contributed by atoms with Gasteiger partial charge >= 0.3 is 0 Å². The van der Waals surface area contributed by atoms with Crippen LogP contribution in [0.15, 0.2) is 29.3 Å². The predicted molar refractivity (Wildman–Crippen MR) is 110 cm³/mol. The normalized spacial score (nSPS) is 17.6. The van der Waals surface area contributed by atoms with Crippen LogP contribution in [0, 0.1) is 5.92 Å². The van der Waals surface area contributed by atoms with Gasteiger partial charge in [-0.2, -0.15) is 0 Å². The molecule has 0 saturated carbocycles. The van der Waals surface area contributed by atoms with Gasteiger partial charge in [0.25, 0.3) is 0 Å². The van der Waals surface area contributed by atoms with E-state index in [1.54, 1.807) is 7.11 Å². The zero-order chi connectivity index (χ0) is 19.5. The number of methoxy groups -OCH3 is 1. The van der Waals surface area contributed by atoms with Crippen LogP contribution in [0.1, 0.15) is 31.7 Å². The van der Waals surface area contributed by atoms with Crippen molar-refractivity contribution in [3.63, 3.8) is 0 Å². The lowest BCUT2D eigenvalue weighted by Gasteiger charge is -2.22. The highest BCUT2D eigenvalue weighted by Gasteiger charge is 2.24. The van der Waals surface area contributed by atoms with E-state index in [0.29, 0.717) is 31.7 Å². The van der Waals surface area contributed by atoms with Crippen molar-refractivity contribution in [1.29, 1.82) is 0 Å². The molecule has 1 atom stereocenters. The van der Waals surface area contributed by atoms with Gasteiger partial charge in [0.05, 0.1) is 26.4 Å². The van der Waals surface area contributed by atoms with Crippen molar-refractivity contribution in [3.05, 3.63) is 29.8 Å². The Morgan fingerprint density at radius 3 is 2.67 bits per heavy atom. The standard InChI is InChI=1S/C21H35N3O3/c1-17(2)19-5-7-20(8-6-19)27-12-10-23-21(22-3)24-11-9-18(15-24)16-26-14-13-25-4/h5-8,17-18H,9-16H2,1-4H3,(H,22,23). The molecule has 1 saturated heterocycles. The molecule has 0 aromatic heterocycles. The molecule has 6 heteroatoms. The molecule has 0 spiro atoms. The predicted octanol–water partition coefficient (Wildman–Crippen LogP) is 2.75. The Morgan fingerprint density at radius 2 is 2.00 bits per heavy atom. The summed E-state index contributed by atoms with van der Waals surface area (Å²) in [6.45, 7) is 9.81. The summed E-state index contributed by atoms with van der Waals surface area (Å²) < 4.78 is 16.5. The number of nitrogens with one attached hydrogen (secondary N) is 1. The number of guanidine groups is 1. The third-order valence-electron chi connectivity index (χ3n) is 4.78. The zero-order valence-electron chi connectivity index (χ0n) is 17.2. The average molecular weight is 378 g/mol. The summed E-state index contributed by atoms with van der Waals surface area (Å²) in [6.07, 6.45) is 1.13. The molecule has 1 aromatic carbocycles. The number of ether oxygens (including phenoxy) is 3. The Hall–Kier alpha value is -1.79. The number of nitrogens with zero attached hydrogens (tertiary/aromatic N) is 2. The fraction of sp³-hybridized carbons (Fsp3) is 0.667. The molecule has 1 heterocycles. The van der Waals surface area contributed by atoms with Crippen LogP contribution < -0.4 is 10.1 Å². The smallest absolute Gasteiger partial charge is 0.193 e. The Kier molecular flexibility index (Phi) is 9.42. The van der Waals surface area contributed by atoms with E-state index in [2.05, 4.69) is 41.2 Å². The topological polar surface area (TPSA) is 55.3 Å². The highest BCUT2D eigenvalue weighted by Crippen LogP contribution is 2.18.